The van der Waals surface area contributed by atoms with Crippen LogP contribution in [0.15, 0.2) is 53.4 Å². The zero-order valence-electron chi connectivity index (χ0n) is 19.0. The summed E-state index contributed by atoms with van der Waals surface area (Å²) in [5, 5.41) is 0.372. The highest BCUT2D eigenvalue weighted by Gasteiger charge is 2.36. The maximum atomic E-state index is 12.9. The van der Waals surface area contributed by atoms with Crippen molar-refractivity contribution >= 4 is 51.8 Å². The fraction of sp³-hybridized carbons (Fsp3) is 0.308. The summed E-state index contributed by atoms with van der Waals surface area (Å²) >= 11 is 6.92. The second-order valence-corrected chi connectivity index (χ2v) is 10.5. The minimum absolute atomic E-state index is 0.0723. The molecule has 0 bridgehead atoms. The van der Waals surface area contributed by atoms with Gasteiger partial charge in [0.1, 0.15) is 0 Å². The van der Waals surface area contributed by atoms with E-state index in [1.54, 1.807) is 12.1 Å². The molecule has 1 fully saturated rings. The molecule has 2 aliphatic heterocycles. The molecule has 0 saturated carbocycles. The second-order valence-electron chi connectivity index (χ2n) is 9.12. The highest BCUT2D eigenvalue weighted by atomic mass is 35.5. The molecule has 2 amide bonds. The molecule has 2 heterocycles. The number of carbonyl (C=O) groups is 2. The largest absolute Gasteiger partial charge is 0.360 e. The number of hydrogen-bond donors (Lipinski definition) is 0. The molecule has 0 aromatic heterocycles. The molecule has 1 saturated heterocycles. The van der Waals surface area contributed by atoms with Gasteiger partial charge in [0, 0.05) is 22.3 Å². The molecule has 0 aliphatic carbocycles. The minimum atomic E-state index is -0.259. The van der Waals surface area contributed by atoms with E-state index in [2.05, 4.69) is 57.7 Å². The van der Waals surface area contributed by atoms with Gasteiger partial charge in [-0.3, -0.25) is 14.5 Å². The third-order valence-electron chi connectivity index (χ3n) is 5.84. The molecule has 2 aliphatic rings. The molecule has 4 nitrogen and oxygen atoms in total. The molecule has 6 heteroatoms. The molecule has 2 aromatic rings. The Morgan fingerprint density at radius 3 is 2.44 bits per heavy atom. The number of nitrogens with zero attached hydrogens (tertiary/aromatic N) is 2. The van der Waals surface area contributed by atoms with Crippen LogP contribution < -0.4 is 4.90 Å². The monoisotopic (exact) mass is 466 g/mol. The van der Waals surface area contributed by atoms with Crippen LogP contribution in [0.5, 0.6) is 0 Å². The van der Waals surface area contributed by atoms with Gasteiger partial charge in [0.15, 0.2) is 0 Å². The molecular formula is C26H27ClN2O2S. The van der Waals surface area contributed by atoms with Gasteiger partial charge in [-0.25, -0.2) is 0 Å². The smallest absolute Gasteiger partial charge is 0.293 e. The SMILES string of the molecule is CC1=CC(C)(C)N(C(C)C)c2ccc(/C=C3\SC(=O)N(Cc4ccc(Cl)cc4)C3=O)cc21. The molecule has 166 valence electrons. The number of hydrogen-bond acceptors (Lipinski definition) is 4. The Hall–Kier alpha value is -2.50. The molecule has 2 aromatic carbocycles. The van der Waals surface area contributed by atoms with E-state index in [1.165, 1.54) is 16.2 Å². The highest BCUT2D eigenvalue weighted by molar-refractivity contribution is 8.18. The number of benzene rings is 2. The fourth-order valence-corrected chi connectivity index (χ4v) is 5.62. The van der Waals surface area contributed by atoms with Crippen LogP contribution in [0.1, 0.15) is 51.3 Å². The topological polar surface area (TPSA) is 40.6 Å². The van der Waals surface area contributed by atoms with Crippen molar-refractivity contribution in [1.82, 2.24) is 4.90 Å². The predicted octanol–water partition coefficient (Wildman–Crippen LogP) is 6.99. The van der Waals surface area contributed by atoms with E-state index in [9.17, 15) is 9.59 Å². The summed E-state index contributed by atoms with van der Waals surface area (Å²) in [6.45, 7) is 11.2. The van der Waals surface area contributed by atoms with Gasteiger partial charge in [-0.2, -0.15) is 0 Å². The molecule has 4 rings (SSSR count). The van der Waals surface area contributed by atoms with Gasteiger partial charge in [0.25, 0.3) is 11.1 Å². The fourth-order valence-electron chi connectivity index (χ4n) is 4.66. The minimum Gasteiger partial charge on any atom is -0.360 e. The van der Waals surface area contributed by atoms with Crippen molar-refractivity contribution in [2.45, 2.75) is 52.7 Å². The van der Waals surface area contributed by atoms with Gasteiger partial charge >= 0.3 is 0 Å². The van der Waals surface area contributed by atoms with Crippen LogP contribution in [0.4, 0.5) is 10.5 Å². The summed E-state index contributed by atoms with van der Waals surface area (Å²) in [5.41, 5.74) is 5.27. The number of anilines is 1. The lowest BCUT2D eigenvalue weighted by Gasteiger charge is -2.46. The van der Waals surface area contributed by atoms with Crippen LogP contribution in [0.3, 0.4) is 0 Å². The maximum Gasteiger partial charge on any atom is 0.293 e. The van der Waals surface area contributed by atoms with Crippen molar-refractivity contribution in [1.29, 1.82) is 0 Å². The van der Waals surface area contributed by atoms with Crippen LogP contribution in [-0.2, 0) is 11.3 Å². The van der Waals surface area contributed by atoms with Gasteiger partial charge in [-0.1, -0.05) is 35.9 Å². The summed E-state index contributed by atoms with van der Waals surface area (Å²) in [5.74, 6) is -0.259. The number of carbonyl (C=O) groups excluding carboxylic acids is 2. The maximum absolute atomic E-state index is 12.9. The van der Waals surface area contributed by atoms with E-state index in [4.69, 9.17) is 11.6 Å². The average molecular weight is 467 g/mol. The summed E-state index contributed by atoms with van der Waals surface area (Å²) < 4.78 is 0. The molecule has 0 unspecified atom stereocenters. The first-order valence-electron chi connectivity index (χ1n) is 10.7. The summed E-state index contributed by atoms with van der Waals surface area (Å²) in [7, 11) is 0. The number of allylic oxidation sites excluding steroid dienone is 1. The van der Waals surface area contributed by atoms with Crippen LogP contribution in [0.25, 0.3) is 11.6 Å². The lowest BCUT2D eigenvalue weighted by atomic mass is 9.87. The normalized spacial score (nSPS) is 19.1. The van der Waals surface area contributed by atoms with E-state index in [0.717, 1.165) is 28.5 Å². The Kier molecular flexibility index (Phi) is 5.99. The standard InChI is InChI=1S/C26H27ClN2O2S/c1-16(2)29-22-11-8-19(12-21(22)17(3)14-26(29,4)5)13-23-24(30)28(25(31)32-23)15-18-6-9-20(27)10-7-18/h6-14,16H,15H2,1-5H3/b23-13-. The zero-order chi connectivity index (χ0) is 23.2. The highest BCUT2D eigenvalue weighted by Crippen LogP contribution is 2.41. The lowest BCUT2D eigenvalue weighted by Crippen LogP contribution is -2.49. The number of halogens is 1. The number of rotatable bonds is 4. The van der Waals surface area contributed by atoms with Gasteiger partial charge in [0.2, 0.25) is 0 Å². The molecule has 0 radical (unpaired) electrons. The Bertz CT molecular complexity index is 1150. The summed E-state index contributed by atoms with van der Waals surface area (Å²) in [6.07, 6.45) is 4.11. The first kappa shape index (κ1) is 22.7. The predicted molar refractivity (Wildman–Crippen MR) is 135 cm³/mol. The average Bonchev–Trinajstić information content (AvgIpc) is 2.96. The Balaban J connectivity index is 1.62. The van der Waals surface area contributed by atoms with Gasteiger partial charge < -0.3 is 4.90 Å². The van der Waals surface area contributed by atoms with E-state index >= 15 is 0 Å². The third-order valence-corrected chi connectivity index (χ3v) is 7.00. The van der Waals surface area contributed by atoms with Crippen molar-refractivity contribution in [3.05, 3.63) is 75.2 Å². The van der Waals surface area contributed by atoms with Gasteiger partial charge in [0.05, 0.1) is 17.0 Å². The molecule has 0 spiro atoms. The number of amides is 2. The summed E-state index contributed by atoms with van der Waals surface area (Å²) in [4.78, 5) is 29.6. The van der Waals surface area contributed by atoms with Crippen LogP contribution >= 0.6 is 23.4 Å². The first-order chi connectivity index (χ1) is 15.1. The van der Waals surface area contributed by atoms with Crippen molar-refractivity contribution in [3.8, 4) is 0 Å². The molecular weight excluding hydrogens is 440 g/mol. The van der Waals surface area contributed by atoms with Crippen molar-refractivity contribution in [3.63, 3.8) is 0 Å². The van der Waals surface area contributed by atoms with Crippen molar-refractivity contribution < 1.29 is 9.59 Å². The van der Waals surface area contributed by atoms with Gasteiger partial charge in [-0.05, 0) is 93.4 Å². The Labute approximate surface area is 198 Å². The van der Waals surface area contributed by atoms with Crippen LogP contribution in [0.2, 0.25) is 5.02 Å². The Morgan fingerprint density at radius 2 is 1.78 bits per heavy atom. The zero-order valence-corrected chi connectivity index (χ0v) is 20.6. The van der Waals surface area contributed by atoms with Gasteiger partial charge in [-0.15, -0.1) is 0 Å². The van der Waals surface area contributed by atoms with Crippen molar-refractivity contribution in [2.24, 2.45) is 0 Å². The number of imide groups is 1. The Morgan fingerprint density at radius 1 is 1.09 bits per heavy atom. The summed E-state index contributed by atoms with van der Waals surface area (Å²) in [6, 6.07) is 13.8. The number of thioether (sulfide) groups is 1. The van der Waals surface area contributed by atoms with Crippen LogP contribution in [-0.4, -0.2) is 27.6 Å². The lowest BCUT2D eigenvalue weighted by molar-refractivity contribution is -0.123. The van der Waals surface area contributed by atoms with E-state index < -0.39 is 0 Å². The quantitative estimate of drug-likeness (QED) is 0.455. The van der Waals surface area contributed by atoms with Crippen molar-refractivity contribution in [2.75, 3.05) is 4.90 Å². The number of fused-ring (bicyclic) bond motifs is 1. The second kappa shape index (κ2) is 8.45. The third kappa shape index (κ3) is 4.24. The van der Waals surface area contributed by atoms with E-state index in [0.29, 0.717) is 16.0 Å². The van der Waals surface area contributed by atoms with Crippen LogP contribution in [0, 0.1) is 0 Å². The van der Waals surface area contributed by atoms with E-state index in [-0.39, 0.29) is 23.2 Å². The molecule has 0 atom stereocenters. The van der Waals surface area contributed by atoms with E-state index in [1.807, 2.05) is 24.3 Å². The molecule has 32 heavy (non-hydrogen) atoms. The molecule has 0 N–H and O–H groups in total. The first-order valence-corrected chi connectivity index (χ1v) is 11.9.